The fourth-order valence-electron chi connectivity index (χ4n) is 3.37. The quantitative estimate of drug-likeness (QED) is 0.485. The van der Waals surface area contributed by atoms with E-state index in [0.717, 1.165) is 27.2 Å². The van der Waals surface area contributed by atoms with Gasteiger partial charge in [0, 0.05) is 35.5 Å². The minimum absolute atomic E-state index is 0.326. The summed E-state index contributed by atoms with van der Waals surface area (Å²) in [6.07, 6.45) is 1.60. The van der Waals surface area contributed by atoms with E-state index < -0.39 is 11.6 Å². The van der Waals surface area contributed by atoms with Crippen LogP contribution in [0.4, 0.5) is 8.78 Å². The van der Waals surface area contributed by atoms with Gasteiger partial charge in [-0.25, -0.2) is 13.8 Å². The molecule has 0 spiro atoms. The van der Waals surface area contributed by atoms with Gasteiger partial charge in [0.2, 0.25) is 0 Å². The molecule has 0 aliphatic heterocycles. The summed E-state index contributed by atoms with van der Waals surface area (Å²) in [6, 6.07) is 8.19. The second-order valence-electron chi connectivity index (χ2n) is 5.61. The van der Waals surface area contributed by atoms with Crippen LogP contribution in [0.2, 0.25) is 0 Å². The van der Waals surface area contributed by atoms with Crippen molar-refractivity contribution in [3.8, 4) is 6.07 Å². The zero-order valence-electron chi connectivity index (χ0n) is 12.5. The Morgan fingerprint density at radius 2 is 1.78 bits per heavy atom. The molecule has 5 heteroatoms. The summed E-state index contributed by atoms with van der Waals surface area (Å²) in [5, 5.41) is 12.3. The smallest absolute Gasteiger partial charge is 0.160 e. The highest BCUT2D eigenvalue weighted by Gasteiger charge is 2.17. The van der Waals surface area contributed by atoms with Gasteiger partial charge in [0.05, 0.1) is 11.0 Å². The van der Waals surface area contributed by atoms with Gasteiger partial charge < -0.3 is 4.57 Å². The summed E-state index contributed by atoms with van der Waals surface area (Å²) in [6.45, 7) is 1.94. The Morgan fingerprint density at radius 1 is 1.04 bits per heavy atom. The van der Waals surface area contributed by atoms with E-state index in [1.165, 1.54) is 12.1 Å². The van der Waals surface area contributed by atoms with Crippen molar-refractivity contribution in [2.45, 2.75) is 6.92 Å². The molecule has 0 aliphatic carbocycles. The Bertz CT molecular complexity index is 1170. The number of fused-ring (bicyclic) bond motifs is 4. The highest BCUT2D eigenvalue weighted by Crippen LogP contribution is 2.36. The largest absolute Gasteiger partial charge is 0.343 e. The van der Waals surface area contributed by atoms with E-state index in [4.69, 9.17) is 0 Å². The van der Waals surface area contributed by atoms with Gasteiger partial charge in [-0.15, -0.1) is 0 Å². The third kappa shape index (κ3) is 1.69. The van der Waals surface area contributed by atoms with Crippen LogP contribution in [0, 0.1) is 29.9 Å². The van der Waals surface area contributed by atoms with Crippen LogP contribution in [-0.2, 0) is 7.05 Å². The van der Waals surface area contributed by atoms with Gasteiger partial charge in [0.15, 0.2) is 11.6 Å². The predicted molar refractivity (Wildman–Crippen MR) is 85.1 cm³/mol. The third-order valence-electron chi connectivity index (χ3n) is 4.42. The molecule has 0 aliphatic rings. The summed E-state index contributed by atoms with van der Waals surface area (Å²) in [5.41, 5.74) is 2.79. The van der Waals surface area contributed by atoms with Crippen molar-refractivity contribution in [1.29, 1.82) is 5.26 Å². The Kier molecular flexibility index (Phi) is 2.67. The first-order valence-corrected chi connectivity index (χ1v) is 7.08. The molecule has 0 amide bonds. The van der Waals surface area contributed by atoms with E-state index in [1.54, 1.807) is 6.20 Å². The van der Waals surface area contributed by atoms with Crippen LogP contribution in [0.25, 0.3) is 32.6 Å². The van der Waals surface area contributed by atoms with Crippen molar-refractivity contribution in [1.82, 2.24) is 9.55 Å². The summed E-state index contributed by atoms with van der Waals surface area (Å²) in [5.74, 6) is -1.75. The van der Waals surface area contributed by atoms with Crippen LogP contribution in [0.1, 0.15) is 11.3 Å². The second kappa shape index (κ2) is 4.50. The van der Waals surface area contributed by atoms with E-state index >= 15 is 0 Å². The average Bonchev–Trinajstić information content (AvgIpc) is 2.80. The Morgan fingerprint density at radius 3 is 2.52 bits per heavy atom. The molecule has 112 valence electrons. The highest BCUT2D eigenvalue weighted by atomic mass is 19.2. The van der Waals surface area contributed by atoms with Gasteiger partial charge in [-0.05, 0) is 36.1 Å². The Hall–Kier alpha value is -3.00. The zero-order chi connectivity index (χ0) is 16.3. The second-order valence-corrected chi connectivity index (χ2v) is 5.61. The number of pyridine rings is 1. The molecular formula is C18H11F2N3. The van der Waals surface area contributed by atoms with Crippen molar-refractivity contribution in [2.24, 2.45) is 7.05 Å². The first kappa shape index (κ1) is 13.6. The van der Waals surface area contributed by atoms with E-state index in [2.05, 4.69) is 11.1 Å². The number of aromatic nitrogens is 2. The molecule has 0 N–H and O–H groups in total. The number of aryl methyl sites for hydroxylation is 2. The lowest BCUT2D eigenvalue weighted by Gasteiger charge is -2.07. The van der Waals surface area contributed by atoms with Crippen LogP contribution in [0.3, 0.4) is 0 Å². The van der Waals surface area contributed by atoms with Gasteiger partial charge in [0.1, 0.15) is 11.8 Å². The number of benzene rings is 2. The molecule has 0 saturated heterocycles. The third-order valence-corrected chi connectivity index (χ3v) is 4.42. The summed E-state index contributed by atoms with van der Waals surface area (Å²) >= 11 is 0. The van der Waals surface area contributed by atoms with Crippen molar-refractivity contribution in [3.05, 3.63) is 53.4 Å². The van der Waals surface area contributed by atoms with Gasteiger partial charge in [-0.1, -0.05) is 0 Å². The molecule has 2 aromatic carbocycles. The number of halogens is 2. The molecule has 2 heterocycles. The molecule has 2 aromatic heterocycles. The molecule has 4 aromatic rings. The first-order valence-electron chi connectivity index (χ1n) is 7.08. The molecule has 23 heavy (non-hydrogen) atoms. The maximum atomic E-state index is 13.7. The number of nitrogens with zero attached hydrogens (tertiary/aromatic N) is 3. The SMILES string of the molecule is Cc1c2ccnc(C#N)c2cc2c3cc(F)c(F)cc3n(C)c12. The summed E-state index contributed by atoms with van der Waals surface area (Å²) in [7, 11) is 1.83. The molecule has 0 bridgehead atoms. The minimum Gasteiger partial charge on any atom is -0.343 e. The lowest BCUT2D eigenvalue weighted by Crippen LogP contribution is -1.93. The number of nitriles is 1. The van der Waals surface area contributed by atoms with Crippen LogP contribution in [0.5, 0.6) is 0 Å². The molecule has 3 nitrogen and oxygen atoms in total. The Labute approximate surface area is 130 Å². The lowest BCUT2D eigenvalue weighted by atomic mass is 10.0. The fourth-order valence-corrected chi connectivity index (χ4v) is 3.37. The molecular weight excluding hydrogens is 296 g/mol. The number of hydrogen-bond acceptors (Lipinski definition) is 2. The Balaban J connectivity index is 2.34. The van der Waals surface area contributed by atoms with Gasteiger partial charge >= 0.3 is 0 Å². The lowest BCUT2D eigenvalue weighted by molar-refractivity contribution is 0.510. The molecule has 0 saturated carbocycles. The maximum Gasteiger partial charge on any atom is 0.160 e. The highest BCUT2D eigenvalue weighted by molar-refractivity contribution is 6.15. The zero-order valence-corrected chi connectivity index (χ0v) is 12.5. The van der Waals surface area contributed by atoms with E-state index in [9.17, 15) is 14.0 Å². The van der Waals surface area contributed by atoms with Gasteiger partial charge in [0.25, 0.3) is 0 Å². The molecule has 4 rings (SSSR count). The van der Waals surface area contributed by atoms with Crippen molar-refractivity contribution in [3.63, 3.8) is 0 Å². The number of rotatable bonds is 0. The van der Waals surface area contributed by atoms with Crippen LogP contribution < -0.4 is 0 Å². The van der Waals surface area contributed by atoms with Crippen LogP contribution in [-0.4, -0.2) is 9.55 Å². The van der Waals surface area contributed by atoms with Crippen molar-refractivity contribution >= 4 is 32.6 Å². The normalized spacial score (nSPS) is 11.4. The molecule has 0 fully saturated rings. The van der Waals surface area contributed by atoms with E-state index in [-0.39, 0.29) is 0 Å². The molecule has 0 unspecified atom stereocenters. The van der Waals surface area contributed by atoms with Gasteiger partial charge in [-0.2, -0.15) is 5.26 Å². The van der Waals surface area contributed by atoms with Crippen molar-refractivity contribution < 1.29 is 8.78 Å². The monoisotopic (exact) mass is 307 g/mol. The molecule has 0 radical (unpaired) electrons. The van der Waals surface area contributed by atoms with Crippen LogP contribution in [0.15, 0.2) is 30.5 Å². The van der Waals surface area contributed by atoms with Crippen molar-refractivity contribution in [2.75, 3.05) is 0 Å². The van der Waals surface area contributed by atoms with Gasteiger partial charge in [-0.3, -0.25) is 0 Å². The van der Waals surface area contributed by atoms with E-state index in [1.807, 2.05) is 30.7 Å². The van der Waals surface area contributed by atoms with E-state index in [0.29, 0.717) is 16.6 Å². The molecule has 0 atom stereocenters. The number of hydrogen-bond donors (Lipinski definition) is 0. The standard InChI is InChI=1S/C18H11F2N3/c1-9-10-3-4-22-16(8-21)11(10)5-13-12-6-14(19)15(20)7-17(12)23(2)18(9)13/h3-7H,1-2H3. The maximum absolute atomic E-state index is 13.7. The summed E-state index contributed by atoms with van der Waals surface area (Å²) < 4.78 is 29.2. The summed E-state index contributed by atoms with van der Waals surface area (Å²) in [4.78, 5) is 4.09. The minimum atomic E-state index is -0.880. The van der Waals surface area contributed by atoms with Crippen LogP contribution >= 0.6 is 0 Å². The first-order chi connectivity index (χ1) is 11.0. The average molecular weight is 307 g/mol. The topological polar surface area (TPSA) is 41.6 Å². The predicted octanol–water partition coefficient (Wildman–Crippen LogP) is 4.34. The fraction of sp³-hybridized carbons (Fsp3) is 0.111.